The molecule has 2 unspecified atom stereocenters. The number of hydrogen-bond acceptors (Lipinski definition) is 6. The lowest BCUT2D eigenvalue weighted by Gasteiger charge is -2.31. The largest absolute Gasteiger partial charge is 0.445 e. The first kappa shape index (κ1) is 25.4. The molecule has 3 aliphatic heterocycles. The molecule has 3 aliphatic rings. The van der Waals surface area contributed by atoms with Crippen molar-refractivity contribution in [2.75, 3.05) is 13.1 Å². The summed E-state index contributed by atoms with van der Waals surface area (Å²) in [5.74, 6) is 0.958. The number of carbonyl (C=O) groups is 1. The summed E-state index contributed by atoms with van der Waals surface area (Å²) in [5.41, 5.74) is 2.92. The van der Waals surface area contributed by atoms with Crippen LogP contribution in [0.15, 0.2) is 83.0 Å². The molecular formula is C29H31N5O4S. The second-order valence-electron chi connectivity index (χ2n) is 10.3. The van der Waals surface area contributed by atoms with E-state index in [0.717, 1.165) is 23.2 Å². The highest BCUT2D eigenvalue weighted by atomic mass is 32.2. The van der Waals surface area contributed by atoms with E-state index in [1.165, 1.54) is 4.31 Å². The van der Waals surface area contributed by atoms with Crippen molar-refractivity contribution in [3.8, 4) is 0 Å². The lowest BCUT2D eigenvalue weighted by Crippen LogP contribution is -2.39. The standard InChI is InChI=1S/C29H31N5O4S/c1-3-22-17-32(29(35)38-19-21-7-5-4-6-8-21)18-24(22)26-15-30-27-16-31-28-25(34(26)27)13-14-33(28)39(36,37)23-11-9-20(2)10-12-23/h4-16,22,24-25,28H,3,17-19H2,1-2H3/t22-,24+,25?,28?/m1/s1. The molecule has 0 aliphatic carbocycles. The summed E-state index contributed by atoms with van der Waals surface area (Å²) in [7, 11) is -3.78. The van der Waals surface area contributed by atoms with Crippen molar-refractivity contribution >= 4 is 22.3 Å². The molecule has 1 fully saturated rings. The third-order valence-corrected chi connectivity index (χ3v) is 9.66. The number of imidazole rings is 1. The SMILES string of the molecule is CC[C@@H]1CN(C(=O)OCc2ccccc2)C[C@@H]1c1cnc2n1C1C=CN(S(=O)(=O)c3ccc(C)cc3)C1N=C2. The van der Waals surface area contributed by atoms with Gasteiger partial charge in [0.15, 0.2) is 12.0 Å². The predicted molar refractivity (Wildman–Crippen MR) is 147 cm³/mol. The molecule has 4 atom stereocenters. The maximum absolute atomic E-state index is 13.5. The van der Waals surface area contributed by atoms with E-state index in [1.54, 1.807) is 41.6 Å². The topological polar surface area (TPSA) is 97.1 Å². The molecule has 0 spiro atoms. The van der Waals surface area contributed by atoms with E-state index in [9.17, 15) is 13.2 Å². The maximum Gasteiger partial charge on any atom is 0.410 e. The molecule has 9 nitrogen and oxygen atoms in total. The Morgan fingerprint density at radius 3 is 2.59 bits per heavy atom. The molecule has 0 saturated carbocycles. The molecule has 4 heterocycles. The molecular weight excluding hydrogens is 514 g/mol. The number of aliphatic imine (C=N–C) groups is 1. The summed E-state index contributed by atoms with van der Waals surface area (Å²) in [5, 5.41) is 0. The number of carbonyl (C=O) groups excluding carboxylic acids is 1. The summed E-state index contributed by atoms with van der Waals surface area (Å²) in [6, 6.07) is 16.2. The number of aryl methyl sites for hydroxylation is 1. The molecule has 2 aromatic carbocycles. The fourth-order valence-corrected chi connectivity index (χ4v) is 7.16. The van der Waals surface area contributed by atoms with Crippen LogP contribution in [-0.4, -0.2) is 58.7 Å². The highest BCUT2D eigenvalue weighted by Gasteiger charge is 2.44. The van der Waals surface area contributed by atoms with E-state index in [0.29, 0.717) is 18.9 Å². The molecule has 10 heteroatoms. The summed E-state index contributed by atoms with van der Waals surface area (Å²) < 4.78 is 36.0. The Kier molecular flexibility index (Phi) is 6.50. The fraction of sp³-hybridized carbons (Fsp3) is 0.345. The van der Waals surface area contributed by atoms with Crippen molar-refractivity contribution in [1.29, 1.82) is 0 Å². The molecule has 1 aromatic heterocycles. The van der Waals surface area contributed by atoms with Crippen LogP contribution in [0.3, 0.4) is 0 Å². The Morgan fingerprint density at radius 2 is 1.85 bits per heavy atom. The summed E-state index contributed by atoms with van der Waals surface area (Å²) >= 11 is 0. The zero-order chi connectivity index (χ0) is 27.1. The minimum atomic E-state index is -3.78. The highest BCUT2D eigenvalue weighted by molar-refractivity contribution is 7.89. The summed E-state index contributed by atoms with van der Waals surface area (Å²) in [6.45, 7) is 5.39. The second-order valence-corrected chi connectivity index (χ2v) is 12.1. The maximum atomic E-state index is 13.5. The molecule has 0 radical (unpaired) electrons. The van der Waals surface area contributed by atoms with Gasteiger partial charge < -0.3 is 14.2 Å². The van der Waals surface area contributed by atoms with E-state index in [1.807, 2.05) is 49.5 Å². The lowest BCUT2D eigenvalue weighted by atomic mass is 9.90. The van der Waals surface area contributed by atoms with Crippen LogP contribution in [0, 0.1) is 12.8 Å². The fourth-order valence-electron chi connectivity index (χ4n) is 5.75. The normalized spacial score (nSPS) is 23.6. The van der Waals surface area contributed by atoms with Crippen molar-refractivity contribution in [2.24, 2.45) is 10.9 Å². The molecule has 0 bridgehead atoms. The molecule has 39 heavy (non-hydrogen) atoms. The Hall–Kier alpha value is -3.92. The third kappa shape index (κ3) is 4.52. The van der Waals surface area contributed by atoms with Gasteiger partial charge in [-0.25, -0.2) is 22.5 Å². The number of hydrogen-bond donors (Lipinski definition) is 0. The lowest BCUT2D eigenvalue weighted by molar-refractivity contribution is 0.103. The van der Waals surface area contributed by atoms with E-state index < -0.39 is 16.2 Å². The quantitative estimate of drug-likeness (QED) is 0.455. The Morgan fingerprint density at radius 1 is 1.08 bits per heavy atom. The van der Waals surface area contributed by atoms with Gasteiger partial charge in [0.05, 0.1) is 17.2 Å². The number of sulfonamides is 1. The predicted octanol–water partition coefficient (Wildman–Crippen LogP) is 4.47. The number of fused-ring (bicyclic) bond motifs is 3. The van der Waals surface area contributed by atoms with Gasteiger partial charge >= 0.3 is 6.09 Å². The number of rotatable bonds is 6. The van der Waals surface area contributed by atoms with E-state index in [-0.39, 0.29) is 35.5 Å². The number of benzene rings is 2. The summed E-state index contributed by atoms with van der Waals surface area (Å²) in [4.78, 5) is 24.2. The van der Waals surface area contributed by atoms with Crippen molar-refractivity contribution in [1.82, 2.24) is 18.8 Å². The smallest absolute Gasteiger partial charge is 0.410 e. The van der Waals surface area contributed by atoms with E-state index in [2.05, 4.69) is 21.5 Å². The van der Waals surface area contributed by atoms with Gasteiger partial charge in [0.2, 0.25) is 0 Å². The van der Waals surface area contributed by atoms with Gasteiger partial charge in [0.25, 0.3) is 10.0 Å². The van der Waals surface area contributed by atoms with E-state index in [4.69, 9.17) is 4.74 Å². The second kappa shape index (κ2) is 10.00. The van der Waals surface area contributed by atoms with Crippen molar-refractivity contribution in [3.05, 3.63) is 95.7 Å². The Balaban J connectivity index is 1.22. The Labute approximate surface area is 228 Å². The number of amides is 1. The number of ether oxygens (including phenoxy) is 1. The van der Waals surface area contributed by atoms with Crippen LogP contribution in [-0.2, 0) is 21.4 Å². The molecule has 3 aromatic rings. The van der Waals surface area contributed by atoms with Crippen LogP contribution < -0.4 is 0 Å². The Bertz CT molecular complexity index is 1530. The van der Waals surface area contributed by atoms with Crippen LogP contribution in [0.4, 0.5) is 4.79 Å². The van der Waals surface area contributed by atoms with Gasteiger partial charge in [0, 0.05) is 37.1 Å². The first-order valence-electron chi connectivity index (χ1n) is 13.2. The van der Waals surface area contributed by atoms with Crippen LogP contribution in [0.25, 0.3) is 0 Å². The zero-order valence-electron chi connectivity index (χ0n) is 21.9. The summed E-state index contributed by atoms with van der Waals surface area (Å²) in [6.07, 6.45) is 6.92. The highest BCUT2D eigenvalue weighted by Crippen LogP contribution is 2.41. The van der Waals surface area contributed by atoms with Crippen LogP contribution in [0.5, 0.6) is 0 Å². The van der Waals surface area contributed by atoms with Gasteiger partial charge in [-0.05, 0) is 36.6 Å². The first-order chi connectivity index (χ1) is 18.9. The molecule has 0 N–H and O–H groups in total. The number of aromatic nitrogens is 2. The zero-order valence-corrected chi connectivity index (χ0v) is 22.7. The van der Waals surface area contributed by atoms with Crippen molar-refractivity contribution < 1.29 is 17.9 Å². The van der Waals surface area contributed by atoms with Crippen LogP contribution in [0.2, 0.25) is 0 Å². The minimum Gasteiger partial charge on any atom is -0.445 e. The van der Waals surface area contributed by atoms with Gasteiger partial charge in [-0.2, -0.15) is 0 Å². The van der Waals surface area contributed by atoms with Crippen LogP contribution in [0.1, 0.15) is 47.9 Å². The molecule has 1 amide bonds. The number of likely N-dealkylation sites (tertiary alicyclic amines) is 1. The molecule has 1 saturated heterocycles. The van der Waals surface area contributed by atoms with Gasteiger partial charge in [-0.15, -0.1) is 0 Å². The minimum absolute atomic E-state index is 0.0452. The van der Waals surface area contributed by atoms with Gasteiger partial charge in [-0.1, -0.05) is 61.4 Å². The average molecular weight is 546 g/mol. The molecule has 202 valence electrons. The molecule has 6 rings (SSSR count). The van der Waals surface area contributed by atoms with Gasteiger partial charge in [-0.3, -0.25) is 4.99 Å². The van der Waals surface area contributed by atoms with Crippen LogP contribution >= 0.6 is 0 Å². The van der Waals surface area contributed by atoms with Crippen molar-refractivity contribution in [2.45, 2.75) is 49.9 Å². The van der Waals surface area contributed by atoms with E-state index >= 15 is 0 Å². The van der Waals surface area contributed by atoms with Crippen molar-refractivity contribution in [3.63, 3.8) is 0 Å². The first-order valence-corrected chi connectivity index (χ1v) is 14.6. The monoisotopic (exact) mass is 545 g/mol. The average Bonchev–Trinajstić information content (AvgIpc) is 3.68. The third-order valence-electron chi connectivity index (χ3n) is 7.90. The number of nitrogens with zero attached hydrogens (tertiary/aromatic N) is 5. The van der Waals surface area contributed by atoms with Gasteiger partial charge in [0.1, 0.15) is 6.61 Å².